The standard InChI is InChI=1S/C16H23BrN2O.ClH/c1-16(8-10-18-11-9-16)12-19-15(20)7-6-13-4-2-3-5-14(13)17;/h2-5,18H,6-12H2,1H3,(H,19,20);1H. The highest BCUT2D eigenvalue weighted by molar-refractivity contribution is 9.10. The monoisotopic (exact) mass is 374 g/mol. The summed E-state index contributed by atoms with van der Waals surface area (Å²) in [6.07, 6.45) is 3.61. The molecular weight excluding hydrogens is 352 g/mol. The van der Waals surface area contributed by atoms with Crippen molar-refractivity contribution in [2.75, 3.05) is 19.6 Å². The van der Waals surface area contributed by atoms with Gasteiger partial charge in [0.2, 0.25) is 5.91 Å². The topological polar surface area (TPSA) is 41.1 Å². The molecule has 2 rings (SSSR count). The van der Waals surface area contributed by atoms with Crippen molar-refractivity contribution in [2.45, 2.75) is 32.6 Å². The molecule has 0 radical (unpaired) electrons. The molecule has 0 aromatic heterocycles. The number of benzene rings is 1. The van der Waals surface area contributed by atoms with Gasteiger partial charge in [-0.1, -0.05) is 41.1 Å². The number of aryl methyl sites for hydroxylation is 1. The van der Waals surface area contributed by atoms with Gasteiger partial charge >= 0.3 is 0 Å². The van der Waals surface area contributed by atoms with Gasteiger partial charge in [0.05, 0.1) is 0 Å². The molecule has 2 N–H and O–H groups in total. The molecule has 21 heavy (non-hydrogen) atoms. The van der Waals surface area contributed by atoms with E-state index in [1.165, 1.54) is 5.56 Å². The highest BCUT2D eigenvalue weighted by atomic mass is 79.9. The molecule has 1 saturated heterocycles. The van der Waals surface area contributed by atoms with Crippen molar-refractivity contribution in [3.8, 4) is 0 Å². The highest BCUT2D eigenvalue weighted by Crippen LogP contribution is 2.26. The summed E-state index contributed by atoms with van der Waals surface area (Å²) in [5, 5.41) is 6.46. The van der Waals surface area contributed by atoms with Crippen molar-refractivity contribution in [1.82, 2.24) is 10.6 Å². The number of rotatable bonds is 5. The van der Waals surface area contributed by atoms with E-state index in [0.717, 1.165) is 43.4 Å². The predicted octanol–water partition coefficient (Wildman–Crippen LogP) is 3.31. The zero-order valence-corrected chi connectivity index (χ0v) is 14.9. The summed E-state index contributed by atoms with van der Waals surface area (Å²) in [6.45, 7) is 5.18. The Kier molecular flexibility index (Phi) is 7.71. The summed E-state index contributed by atoms with van der Waals surface area (Å²) in [4.78, 5) is 12.0. The minimum atomic E-state index is 0. The van der Waals surface area contributed by atoms with Gasteiger partial charge in [0.15, 0.2) is 0 Å². The van der Waals surface area contributed by atoms with E-state index < -0.39 is 0 Å². The number of hydrogen-bond donors (Lipinski definition) is 2. The van der Waals surface area contributed by atoms with E-state index in [-0.39, 0.29) is 23.7 Å². The van der Waals surface area contributed by atoms with Crippen LogP contribution in [0.25, 0.3) is 0 Å². The van der Waals surface area contributed by atoms with Gasteiger partial charge in [-0.25, -0.2) is 0 Å². The van der Waals surface area contributed by atoms with Crippen LogP contribution in [0.3, 0.4) is 0 Å². The third-order valence-corrected chi connectivity index (χ3v) is 4.88. The first-order valence-electron chi connectivity index (χ1n) is 7.30. The summed E-state index contributed by atoms with van der Waals surface area (Å²) in [6, 6.07) is 8.08. The first kappa shape index (κ1) is 18.5. The molecule has 1 fully saturated rings. The van der Waals surface area contributed by atoms with Gasteiger partial charge in [-0.2, -0.15) is 0 Å². The van der Waals surface area contributed by atoms with Crippen LogP contribution in [0.5, 0.6) is 0 Å². The lowest BCUT2D eigenvalue weighted by Crippen LogP contribution is -2.42. The Bertz CT molecular complexity index is 461. The molecule has 3 nitrogen and oxygen atoms in total. The zero-order chi connectivity index (χ0) is 14.4. The zero-order valence-electron chi connectivity index (χ0n) is 12.5. The third kappa shape index (κ3) is 5.97. The Morgan fingerprint density at radius 1 is 1.33 bits per heavy atom. The molecule has 1 aromatic carbocycles. The van der Waals surface area contributed by atoms with Crippen LogP contribution >= 0.6 is 28.3 Å². The lowest BCUT2D eigenvalue weighted by Gasteiger charge is -2.34. The van der Waals surface area contributed by atoms with Crippen molar-refractivity contribution < 1.29 is 4.79 Å². The predicted molar refractivity (Wildman–Crippen MR) is 92.9 cm³/mol. The van der Waals surface area contributed by atoms with E-state index in [2.05, 4.69) is 39.6 Å². The van der Waals surface area contributed by atoms with Crippen LogP contribution in [-0.2, 0) is 11.2 Å². The van der Waals surface area contributed by atoms with Crippen LogP contribution in [0.2, 0.25) is 0 Å². The molecule has 118 valence electrons. The second-order valence-electron chi connectivity index (χ2n) is 5.93. The Balaban J connectivity index is 0.00000220. The van der Waals surface area contributed by atoms with Gasteiger partial charge in [-0.3, -0.25) is 4.79 Å². The average molecular weight is 376 g/mol. The second kappa shape index (κ2) is 8.76. The second-order valence-corrected chi connectivity index (χ2v) is 6.78. The Morgan fingerprint density at radius 2 is 2.00 bits per heavy atom. The van der Waals surface area contributed by atoms with E-state index in [0.29, 0.717) is 6.42 Å². The van der Waals surface area contributed by atoms with Crippen LogP contribution in [0.4, 0.5) is 0 Å². The summed E-state index contributed by atoms with van der Waals surface area (Å²) in [5.41, 5.74) is 1.45. The molecule has 0 saturated carbocycles. The number of hydrogen-bond acceptors (Lipinski definition) is 2. The van der Waals surface area contributed by atoms with E-state index in [4.69, 9.17) is 0 Å². The van der Waals surface area contributed by atoms with Crippen molar-refractivity contribution in [2.24, 2.45) is 5.41 Å². The molecule has 1 heterocycles. The minimum absolute atomic E-state index is 0. The van der Waals surface area contributed by atoms with Crippen LogP contribution in [0.15, 0.2) is 28.7 Å². The molecule has 1 aliphatic rings. The first-order valence-corrected chi connectivity index (χ1v) is 8.09. The number of amides is 1. The Hall–Kier alpha value is -0.580. The number of nitrogens with one attached hydrogen (secondary N) is 2. The first-order chi connectivity index (χ1) is 9.59. The summed E-state index contributed by atoms with van der Waals surface area (Å²) in [5.74, 6) is 0.153. The fourth-order valence-corrected chi connectivity index (χ4v) is 3.04. The van der Waals surface area contributed by atoms with Gasteiger partial charge < -0.3 is 10.6 Å². The van der Waals surface area contributed by atoms with Gasteiger partial charge in [0, 0.05) is 17.4 Å². The number of halogens is 2. The minimum Gasteiger partial charge on any atom is -0.356 e. The molecular formula is C16H24BrClN2O. The van der Waals surface area contributed by atoms with Crippen molar-refractivity contribution in [3.63, 3.8) is 0 Å². The van der Waals surface area contributed by atoms with E-state index >= 15 is 0 Å². The van der Waals surface area contributed by atoms with Crippen LogP contribution < -0.4 is 10.6 Å². The lowest BCUT2D eigenvalue weighted by molar-refractivity contribution is -0.121. The lowest BCUT2D eigenvalue weighted by atomic mass is 9.81. The molecule has 0 unspecified atom stereocenters. The Labute approximate surface area is 141 Å². The van der Waals surface area contributed by atoms with E-state index in [1.54, 1.807) is 0 Å². The number of piperidine rings is 1. The average Bonchev–Trinajstić information content (AvgIpc) is 2.45. The maximum atomic E-state index is 12.0. The molecule has 0 atom stereocenters. The van der Waals surface area contributed by atoms with Crippen molar-refractivity contribution in [1.29, 1.82) is 0 Å². The summed E-state index contributed by atoms with van der Waals surface area (Å²) in [7, 11) is 0. The molecule has 5 heteroatoms. The normalized spacial score (nSPS) is 16.9. The van der Waals surface area contributed by atoms with E-state index in [9.17, 15) is 4.79 Å². The SMILES string of the molecule is CC1(CNC(=O)CCc2ccccc2Br)CCNCC1.Cl. The smallest absolute Gasteiger partial charge is 0.220 e. The van der Waals surface area contributed by atoms with Crippen LogP contribution in [0, 0.1) is 5.41 Å². The van der Waals surface area contributed by atoms with Crippen molar-refractivity contribution >= 4 is 34.2 Å². The summed E-state index contributed by atoms with van der Waals surface area (Å²) >= 11 is 3.52. The number of carbonyl (C=O) groups excluding carboxylic acids is 1. The molecule has 1 aromatic rings. The maximum absolute atomic E-state index is 12.0. The molecule has 0 bridgehead atoms. The van der Waals surface area contributed by atoms with E-state index in [1.807, 2.05) is 18.2 Å². The fraction of sp³-hybridized carbons (Fsp3) is 0.562. The van der Waals surface area contributed by atoms with Crippen LogP contribution in [-0.4, -0.2) is 25.5 Å². The molecule has 0 aliphatic carbocycles. The largest absolute Gasteiger partial charge is 0.356 e. The van der Waals surface area contributed by atoms with Crippen LogP contribution in [0.1, 0.15) is 31.7 Å². The van der Waals surface area contributed by atoms with Gasteiger partial charge in [-0.05, 0) is 49.4 Å². The maximum Gasteiger partial charge on any atom is 0.220 e. The van der Waals surface area contributed by atoms with Gasteiger partial charge in [0.1, 0.15) is 0 Å². The van der Waals surface area contributed by atoms with Crippen molar-refractivity contribution in [3.05, 3.63) is 34.3 Å². The highest BCUT2D eigenvalue weighted by Gasteiger charge is 2.26. The molecule has 0 spiro atoms. The number of carbonyl (C=O) groups is 1. The third-order valence-electron chi connectivity index (χ3n) is 4.10. The summed E-state index contributed by atoms with van der Waals surface area (Å²) < 4.78 is 1.08. The Morgan fingerprint density at radius 3 is 2.67 bits per heavy atom. The quantitative estimate of drug-likeness (QED) is 0.829. The van der Waals surface area contributed by atoms with Gasteiger partial charge in [-0.15, -0.1) is 12.4 Å². The molecule has 1 aliphatic heterocycles. The fourth-order valence-electron chi connectivity index (χ4n) is 2.56. The molecule has 1 amide bonds. The van der Waals surface area contributed by atoms with Gasteiger partial charge in [0.25, 0.3) is 0 Å².